The molecule has 1 fully saturated rings. The zero-order valence-corrected chi connectivity index (χ0v) is 18.9. The summed E-state index contributed by atoms with van der Waals surface area (Å²) in [7, 11) is 0. The van der Waals surface area contributed by atoms with E-state index in [0.29, 0.717) is 16.1 Å². The Labute approximate surface area is 171 Å². The van der Waals surface area contributed by atoms with E-state index in [4.69, 9.17) is 23.2 Å². The zero-order valence-electron chi connectivity index (χ0n) is 17.4. The SMILES string of the molecule is CC.CCCC(CC)N1CCN(C(C)CCc2ccc(Cl)c(Cl)c2)CC1. The first-order chi connectivity index (χ1) is 12.5. The van der Waals surface area contributed by atoms with Gasteiger partial charge in [0.25, 0.3) is 0 Å². The highest BCUT2D eigenvalue weighted by Crippen LogP contribution is 2.24. The fourth-order valence-electron chi connectivity index (χ4n) is 3.77. The van der Waals surface area contributed by atoms with Crippen LogP contribution in [0.25, 0.3) is 0 Å². The average Bonchev–Trinajstić information content (AvgIpc) is 2.68. The van der Waals surface area contributed by atoms with Crippen LogP contribution in [-0.4, -0.2) is 48.1 Å². The smallest absolute Gasteiger partial charge is 0.0595 e. The molecule has 1 aromatic rings. The molecule has 1 saturated heterocycles. The Kier molecular flexibility index (Phi) is 11.9. The van der Waals surface area contributed by atoms with E-state index in [1.54, 1.807) is 0 Å². The minimum atomic E-state index is 0.618. The Morgan fingerprint density at radius 3 is 2.08 bits per heavy atom. The molecule has 150 valence electrons. The second-order valence-electron chi connectivity index (χ2n) is 7.06. The minimum absolute atomic E-state index is 0.618. The van der Waals surface area contributed by atoms with Gasteiger partial charge in [-0.25, -0.2) is 0 Å². The van der Waals surface area contributed by atoms with Crippen LogP contribution in [0.15, 0.2) is 18.2 Å². The Bertz CT molecular complexity index is 499. The number of aryl methyl sites for hydroxylation is 1. The van der Waals surface area contributed by atoms with Gasteiger partial charge in [-0.3, -0.25) is 9.80 Å². The van der Waals surface area contributed by atoms with Crippen molar-refractivity contribution in [2.24, 2.45) is 0 Å². The fraction of sp³-hybridized carbons (Fsp3) is 0.727. The molecule has 0 amide bonds. The van der Waals surface area contributed by atoms with Crippen LogP contribution in [0.3, 0.4) is 0 Å². The van der Waals surface area contributed by atoms with Crippen molar-refractivity contribution in [3.05, 3.63) is 33.8 Å². The maximum atomic E-state index is 6.12. The molecule has 0 bridgehead atoms. The lowest BCUT2D eigenvalue weighted by Crippen LogP contribution is -2.52. The van der Waals surface area contributed by atoms with E-state index in [1.807, 2.05) is 26.0 Å². The van der Waals surface area contributed by atoms with Gasteiger partial charge < -0.3 is 0 Å². The van der Waals surface area contributed by atoms with E-state index < -0.39 is 0 Å². The van der Waals surface area contributed by atoms with Gasteiger partial charge in [0.1, 0.15) is 0 Å². The van der Waals surface area contributed by atoms with E-state index >= 15 is 0 Å². The first-order valence-electron chi connectivity index (χ1n) is 10.5. The fourth-order valence-corrected chi connectivity index (χ4v) is 4.10. The van der Waals surface area contributed by atoms with Crippen molar-refractivity contribution < 1.29 is 0 Å². The quantitative estimate of drug-likeness (QED) is 0.488. The molecule has 1 aliphatic rings. The van der Waals surface area contributed by atoms with Crippen molar-refractivity contribution in [3.63, 3.8) is 0 Å². The normalized spacial score (nSPS) is 18.1. The molecule has 0 spiro atoms. The van der Waals surface area contributed by atoms with Gasteiger partial charge in [-0.1, -0.05) is 63.4 Å². The predicted molar refractivity (Wildman–Crippen MR) is 118 cm³/mol. The summed E-state index contributed by atoms with van der Waals surface area (Å²) in [5.74, 6) is 0. The van der Waals surface area contributed by atoms with Crippen LogP contribution in [0, 0.1) is 0 Å². The summed E-state index contributed by atoms with van der Waals surface area (Å²) in [5.41, 5.74) is 1.28. The largest absolute Gasteiger partial charge is 0.298 e. The van der Waals surface area contributed by atoms with E-state index in [2.05, 4.69) is 36.6 Å². The predicted octanol–water partition coefficient (Wildman–Crippen LogP) is 6.54. The zero-order chi connectivity index (χ0) is 19.5. The summed E-state index contributed by atoms with van der Waals surface area (Å²) in [6.07, 6.45) is 6.14. The number of benzene rings is 1. The molecular formula is C22H38Cl2N2. The minimum Gasteiger partial charge on any atom is -0.298 e. The topological polar surface area (TPSA) is 6.48 Å². The number of nitrogens with zero attached hydrogens (tertiary/aromatic N) is 2. The maximum Gasteiger partial charge on any atom is 0.0595 e. The van der Waals surface area contributed by atoms with Crippen LogP contribution in [0.2, 0.25) is 10.0 Å². The van der Waals surface area contributed by atoms with Gasteiger partial charge in [0.05, 0.1) is 10.0 Å². The molecule has 4 heteroatoms. The number of hydrogen-bond acceptors (Lipinski definition) is 2. The van der Waals surface area contributed by atoms with Crippen LogP contribution < -0.4 is 0 Å². The summed E-state index contributed by atoms with van der Waals surface area (Å²) in [6, 6.07) is 7.40. The first-order valence-corrected chi connectivity index (χ1v) is 11.2. The molecular weight excluding hydrogens is 363 g/mol. The monoisotopic (exact) mass is 400 g/mol. The third-order valence-electron chi connectivity index (χ3n) is 5.42. The van der Waals surface area contributed by atoms with Crippen LogP contribution in [0.4, 0.5) is 0 Å². The highest BCUT2D eigenvalue weighted by Gasteiger charge is 2.24. The van der Waals surface area contributed by atoms with Crippen molar-refractivity contribution in [2.75, 3.05) is 26.2 Å². The number of piperazine rings is 1. The molecule has 2 unspecified atom stereocenters. The molecule has 1 aromatic carbocycles. The van der Waals surface area contributed by atoms with Gasteiger partial charge in [-0.15, -0.1) is 0 Å². The molecule has 0 aliphatic carbocycles. The Morgan fingerprint density at radius 1 is 0.923 bits per heavy atom. The van der Waals surface area contributed by atoms with Gasteiger partial charge >= 0.3 is 0 Å². The molecule has 2 nitrogen and oxygen atoms in total. The maximum absolute atomic E-state index is 6.12. The van der Waals surface area contributed by atoms with Gasteiger partial charge in [-0.2, -0.15) is 0 Å². The first kappa shape index (κ1) is 23.8. The Balaban J connectivity index is 0.00000163. The second-order valence-corrected chi connectivity index (χ2v) is 7.87. The van der Waals surface area contributed by atoms with Crippen molar-refractivity contribution >= 4 is 23.2 Å². The van der Waals surface area contributed by atoms with Gasteiger partial charge in [-0.05, 0) is 50.3 Å². The van der Waals surface area contributed by atoms with Crippen molar-refractivity contribution in [1.29, 1.82) is 0 Å². The molecule has 2 rings (SSSR count). The van der Waals surface area contributed by atoms with Crippen molar-refractivity contribution in [1.82, 2.24) is 9.80 Å². The van der Waals surface area contributed by atoms with Crippen LogP contribution >= 0.6 is 23.2 Å². The summed E-state index contributed by atoms with van der Waals surface area (Å²) in [5, 5.41) is 1.30. The molecule has 0 saturated carbocycles. The third kappa shape index (κ3) is 7.38. The lowest BCUT2D eigenvalue weighted by Gasteiger charge is -2.41. The van der Waals surface area contributed by atoms with E-state index in [9.17, 15) is 0 Å². The lowest BCUT2D eigenvalue weighted by molar-refractivity contribution is 0.0667. The molecule has 1 aliphatic heterocycles. The second kappa shape index (κ2) is 13.0. The third-order valence-corrected chi connectivity index (χ3v) is 6.16. The molecule has 0 aromatic heterocycles. The standard InChI is InChI=1S/C20H32Cl2N2.C2H6/c1-4-6-18(5-2)24-13-11-23(12-14-24)16(3)7-8-17-9-10-19(21)20(22)15-17;1-2/h9-10,15-16,18H,4-8,11-14H2,1-3H3;1-2H3. The molecule has 0 radical (unpaired) electrons. The summed E-state index contributed by atoms with van der Waals surface area (Å²) < 4.78 is 0. The average molecular weight is 401 g/mol. The van der Waals surface area contributed by atoms with Gasteiger partial charge in [0.15, 0.2) is 0 Å². The number of halogens is 2. The van der Waals surface area contributed by atoms with Gasteiger partial charge in [0, 0.05) is 38.3 Å². The molecule has 0 N–H and O–H groups in total. The van der Waals surface area contributed by atoms with Crippen LogP contribution in [-0.2, 0) is 6.42 Å². The number of rotatable bonds is 8. The molecule has 1 heterocycles. The summed E-state index contributed by atoms with van der Waals surface area (Å²) >= 11 is 12.1. The lowest BCUT2D eigenvalue weighted by atomic mass is 10.0. The van der Waals surface area contributed by atoms with Crippen molar-refractivity contribution in [3.8, 4) is 0 Å². The summed E-state index contributed by atoms with van der Waals surface area (Å²) in [6.45, 7) is 15.8. The van der Waals surface area contributed by atoms with E-state index in [0.717, 1.165) is 12.5 Å². The van der Waals surface area contributed by atoms with E-state index in [-0.39, 0.29) is 0 Å². The highest BCUT2D eigenvalue weighted by molar-refractivity contribution is 6.42. The Morgan fingerprint density at radius 2 is 1.54 bits per heavy atom. The van der Waals surface area contributed by atoms with Crippen molar-refractivity contribution in [2.45, 2.75) is 78.8 Å². The summed E-state index contributed by atoms with van der Waals surface area (Å²) in [4.78, 5) is 5.35. The molecule has 26 heavy (non-hydrogen) atoms. The molecule has 2 atom stereocenters. The van der Waals surface area contributed by atoms with Crippen LogP contribution in [0.1, 0.15) is 65.9 Å². The number of hydrogen-bond donors (Lipinski definition) is 0. The van der Waals surface area contributed by atoms with E-state index in [1.165, 1.54) is 57.4 Å². The van der Waals surface area contributed by atoms with Gasteiger partial charge in [0.2, 0.25) is 0 Å². The highest BCUT2D eigenvalue weighted by atomic mass is 35.5. The Hall–Kier alpha value is -0.280. The van der Waals surface area contributed by atoms with Crippen LogP contribution in [0.5, 0.6) is 0 Å².